The van der Waals surface area contributed by atoms with Crippen molar-refractivity contribution in [3.63, 3.8) is 0 Å². The molecule has 0 bridgehead atoms. The topological polar surface area (TPSA) is 50.2 Å². The molecule has 1 rings (SSSR count). The maximum Gasteiger partial charge on any atom is 0.308 e. The maximum absolute atomic E-state index is 10.4. The van der Waals surface area contributed by atoms with Crippen LogP contribution in [0.15, 0.2) is 6.20 Å². The lowest BCUT2D eigenvalue weighted by Crippen LogP contribution is -2.08. The van der Waals surface area contributed by atoms with E-state index in [0.29, 0.717) is 0 Å². The van der Waals surface area contributed by atoms with Crippen molar-refractivity contribution in [2.45, 2.75) is 33.6 Å². The van der Waals surface area contributed by atoms with Crippen LogP contribution in [0.2, 0.25) is 0 Å². The number of hydrogen-bond donors (Lipinski definition) is 1. The normalized spacial score (nSPS) is 11.6. The molecular formula is C10H15NO2S. The fraction of sp³-hybridized carbons (Fsp3) is 0.600. The van der Waals surface area contributed by atoms with E-state index in [0.717, 1.165) is 16.3 Å². The van der Waals surface area contributed by atoms with Crippen molar-refractivity contribution < 1.29 is 9.90 Å². The minimum absolute atomic E-state index is 0.0851. The van der Waals surface area contributed by atoms with E-state index in [9.17, 15) is 4.79 Å². The molecule has 0 saturated heterocycles. The van der Waals surface area contributed by atoms with Gasteiger partial charge in [-0.2, -0.15) is 0 Å². The largest absolute Gasteiger partial charge is 0.481 e. The van der Waals surface area contributed by atoms with E-state index < -0.39 is 5.97 Å². The van der Waals surface area contributed by atoms with Crippen LogP contribution >= 0.6 is 11.3 Å². The van der Waals surface area contributed by atoms with Gasteiger partial charge in [0.15, 0.2) is 0 Å². The highest BCUT2D eigenvalue weighted by molar-refractivity contribution is 7.11. The first-order chi connectivity index (χ1) is 6.37. The molecule has 4 heteroatoms. The SMILES string of the molecule is CC(C)(C)Cc1ncc(CC(=O)O)s1. The van der Waals surface area contributed by atoms with E-state index >= 15 is 0 Å². The average molecular weight is 213 g/mol. The first kappa shape index (κ1) is 11.2. The standard InChI is InChI=1S/C10H15NO2S/c1-10(2,3)5-8-11-6-7(14-8)4-9(12)13/h6H,4-5H2,1-3H3,(H,12,13). The van der Waals surface area contributed by atoms with Crippen molar-refractivity contribution in [3.8, 4) is 0 Å². The van der Waals surface area contributed by atoms with Crippen molar-refractivity contribution in [2.75, 3.05) is 0 Å². The third kappa shape index (κ3) is 3.87. The number of aromatic nitrogens is 1. The van der Waals surface area contributed by atoms with E-state index in [1.54, 1.807) is 6.20 Å². The molecule has 0 atom stereocenters. The Bertz CT molecular complexity index is 325. The van der Waals surface area contributed by atoms with Crippen LogP contribution < -0.4 is 0 Å². The quantitative estimate of drug-likeness (QED) is 0.838. The highest BCUT2D eigenvalue weighted by Crippen LogP contribution is 2.24. The summed E-state index contributed by atoms with van der Waals surface area (Å²) >= 11 is 1.50. The second-order valence-corrected chi connectivity index (χ2v) is 5.73. The van der Waals surface area contributed by atoms with Crippen molar-refractivity contribution in [1.29, 1.82) is 0 Å². The van der Waals surface area contributed by atoms with Gasteiger partial charge in [0.1, 0.15) is 0 Å². The van der Waals surface area contributed by atoms with Gasteiger partial charge >= 0.3 is 5.97 Å². The predicted molar refractivity (Wildman–Crippen MR) is 56.6 cm³/mol. The van der Waals surface area contributed by atoms with E-state index in [2.05, 4.69) is 25.8 Å². The zero-order valence-electron chi connectivity index (χ0n) is 8.70. The fourth-order valence-electron chi connectivity index (χ4n) is 1.11. The lowest BCUT2D eigenvalue weighted by Gasteiger charge is -2.15. The molecule has 14 heavy (non-hydrogen) atoms. The van der Waals surface area contributed by atoms with Gasteiger partial charge in [0.2, 0.25) is 0 Å². The number of carbonyl (C=O) groups is 1. The van der Waals surface area contributed by atoms with E-state index in [1.165, 1.54) is 11.3 Å². The van der Waals surface area contributed by atoms with Crippen molar-refractivity contribution in [1.82, 2.24) is 4.98 Å². The van der Waals surface area contributed by atoms with Crippen molar-refractivity contribution >= 4 is 17.3 Å². The Balaban J connectivity index is 2.64. The zero-order chi connectivity index (χ0) is 10.8. The van der Waals surface area contributed by atoms with E-state index in [-0.39, 0.29) is 11.8 Å². The van der Waals surface area contributed by atoms with E-state index in [4.69, 9.17) is 5.11 Å². The molecule has 0 fully saturated rings. The number of hydrogen-bond acceptors (Lipinski definition) is 3. The van der Waals surface area contributed by atoms with Gasteiger partial charge in [-0.05, 0) is 5.41 Å². The maximum atomic E-state index is 10.4. The number of carboxylic acid groups (broad SMARTS) is 1. The molecule has 0 aliphatic rings. The Labute approximate surface area is 87.8 Å². The Morgan fingerprint density at radius 2 is 2.21 bits per heavy atom. The van der Waals surface area contributed by atoms with Crippen LogP contribution in [0.4, 0.5) is 0 Å². The third-order valence-corrected chi connectivity index (χ3v) is 2.61. The molecule has 3 nitrogen and oxygen atoms in total. The summed E-state index contributed by atoms with van der Waals surface area (Å²) in [6, 6.07) is 0. The van der Waals surface area contributed by atoms with Gasteiger partial charge < -0.3 is 5.11 Å². The van der Waals surface area contributed by atoms with Crippen LogP contribution in [-0.4, -0.2) is 16.1 Å². The van der Waals surface area contributed by atoms with Gasteiger partial charge in [0.25, 0.3) is 0 Å². The first-order valence-corrected chi connectivity index (χ1v) is 5.34. The number of rotatable bonds is 3. The molecule has 78 valence electrons. The molecular weight excluding hydrogens is 198 g/mol. The summed E-state index contributed by atoms with van der Waals surface area (Å²) in [5.41, 5.74) is 0.207. The highest BCUT2D eigenvalue weighted by Gasteiger charge is 2.14. The molecule has 1 aromatic rings. The summed E-state index contributed by atoms with van der Waals surface area (Å²) in [5.74, 6) is -0.795. The van der Waals surface area contributed by atoms with Gasteiger partial charge in [-0.25, -0.2) is 4.98 Å². The summed E-state index contributed by atoms with van der Waals surface area (Å²) in [6.45, 7) is 6.43. The smallest absolute Gasteiger partial charge is 0.308 e. The first-order valence-electron chi connectivity index (χ1n) is 4.52. The Morgan fingerprint density at radius 1 is 1.57 bits per heavy atom. The molecule has 0 aliphatic carbocycles. The summed E-state index contributed by atoms with van der Waals surface area (Å²) < 4.78 is 0. The summed E-state index contributed by atoms with van der Waals surface area (Å²) in [5, 5.41) is 9.61. The lowest BCUT2D eigenvalue weighted by molar-refractivity contribution is -0.136. The minimum atomic E-state index is -0.795. The summed E-state index contributed by atoms with van der Waals surface area (Å²) in [4.78, 5) is 15.5. The average Bonchev–Trinajstić information content (AvgIpc) is 2.30. The number of aliphatic carboxylic acids is 1. The number of thiazole rings is 1. The second-order valence-electron chi connectivity index (χ2n) is 4.53. The second kappa shape index (κ2) is 4.09. The number of nitrogens with zero attached hydrogens (tertiary/aromatic N) is 1. The molecule has 0 aromatic carbocycles. The van der Waals surface area contributed by atoms with Crippen LogP contribution in [0.1, 0.15) is 30.7 Å². The molecule has 1 aromatic heterocycles. The van der Waals surface area contributed by atoms with Gasteiger partial charge in [0.05, 0.1) is 11.4 Å². The van der Waals surface area contributed by atoms with Crippen LogP contribution in [0.3, 0.4) is 0 Å². The molecule has 1 heterocycles. The molecule has 0 amide bonds. The monoisotopic (exact) mass is 213 g/mol. The van der Waals surface area contributed by atoms with Crippen LogP contribution in [0, 0.1) is 5.41 Å². The van der Waals surface area contributed by atoms with E-state index in [1.807, 2.05) is 0 Å². The summed E-state index contributed by atoms with van der Waals surface area (Å²) in [7, 11) is 0. The molecule has 0 spiro atoms. The van der Waals surface area contributed by atoms with Crippen molar-refractivity contribution in [2.24, 2.45) is 5.41 Å². The molecule has 0 radical (unpaired) electrons. The predicted octanol–water partition coefficient (Wildman–Crippen LogP) is 2.36. The molecule has 0 aliphatic heterocycles. The minimum Gasteiger partial charge on any atom is -0.481 e. The molecule has 0 unspecified atom stereocenters. The van der Waals surface area contributed by atoms with Crippen LogP contribution in [-0.2, 0) is 17.6 Å². The lowest BCUT2D eigenvalue weighted by atomic mass is 9.93. The van der Waals surface area contributed by atoms with Gasteiger partial charge in [-0.1, -0.05) is 20.8 Å². The van der Waals surface area contributed by atoms with Crippen LogP contribution in [0.5, 0.6) is 0 Å². The third-order valence-electron chi connectivity index (χ3n) is 1.61. The highest BCUT2D eigenvalue weighted by atomic mass is 32.1. The molecule has 1 N–H and O–H groups in total. The van der Waals surface area contributed by atoms with Gasteiger partial charge in [-0.3, -0.25) is 4.79 Å². The molecule has 0 saturated carbocycles. The Morgan fingerprint density at radius 3 is 2.71 bits per heavy atom. The van der Waals surface area contributed by atoms with Crippen LogP contribution in [0.25, 0.3) is 0 Å². The summed E-state index contributed by atoms with van der Waals surface area (Å²) in [6.07, 6.45) is 2.65. The van der Waals surface area contributed by atoms with Gasteiger partial charge in [-0.15, -0.1) is 11.3 Å². The fourth-order valence-corrected chi connectivity index (χ4v) is 2.33. The Hall–Kier alpha value is -0.900. The zero-order valence-corrected chi connectivity index (χ0v) is 9.52. The number of carboxylic acids is 1. The Kier molecular flexibility index (Phi) is 3.26. The van der Waals surface area contributed by atoms with Gasteiger partial charge in [0, 0.05) is 17.5 Å². The van der Waals surface area contributed by atoms with Crippen molar-refractivity contribution in [3.05, 3.63) is 16.1 Å².